The first-order valence-corrected chi connectivity index (χ1v) is 7.30. The minimum atomic E-state index is -0.501. The number of benzene rings is 1. The Morgan fingerprint density at radius 3 is 2.84 bits per heavy atom. The molecule has 2 rings (SSSR count). The maximum Gasteiger partial charge on any atom is 0.292 e. The third-order valence-electron chi connectivity index (χ3n) is 3.00. The molecule has 1 aromatic carbocycles. The molecule has 0 unspecified atom stereocenters. The number of nitrogens with one attached hydrogen (secondary N) is 1. The van der Waals surface area contributed by atoms with Gasteiger partial charge in [-0.1, -0.05) is 0 Å². The van der Waals surface area contributed by atoms with Gasteiger partial charge in [0.1, 0.15) is 11.5 Å². The Morgan fingerprint density at radius 2 is 2.16 bits per heavy atom. The highest BCUT2D eigenvalue weighted by molar-refractivity contribution is 7.99. The first-order chi connectivity index (χ1) is 9.16. The summed E-state index contributed by atoms with van der Waals surface area (Å²) in [4.78, 5) is 12.6. The molecule has 0 saturated carbocycles. The number of hydrogen-bond donors (Lipinski definition) is 1. The Hall–Kier alpha value is -1.34. The van der Waals surface area contributed by atoms with E-state index in [2.05, 4.69) is 10.2 Å². The fourth-order valence-corrected chi connectivity index (χ4v) is 2.96. The molecule has 104 valence electrons. The highest BCUT2D eigenvalue weighted by Gasteiger charge is 2.15. The third-order valence-corrected chi connectivity index (χ3v) is 3.94. The van der Waals surface area contributed by atoms with E-state index in [1.165, 1.54) is 12.1 Å². The lowest BCUT2D eigenvalue weighted by molar-refractivity contribution is -0.384. The largest absolute Gasteiger partial charge is 0.378 e. The van der Waals surface area contributed by atoms with Gasteiger partial charge in [0, 0.05) is 49.8 Å². The monoisotopic (exact) mass is 285 g/mol. The maximum atomic E-state index is 13.1. The number of nitro groups is 1. The van der Waals surface area contributed by atoms with Gasteiger partial charge < -0.3 is 5.32 Å². The predicted octanol–water partition coefficient (Wildman–Crippen LogP) is 2.19. The van der Waals surface area contributed by atoms with Crippen molar-refractivity contribution in [3.63, 3.8) is 0 Å². The molecular formula is C12H16FN3O2S. The van der Waals surface area contributed by atoms with E-state index < -0.39 is 10.7 Å². The molecular weight excluding hydrogens is 269 g/mol. The van der Waals surface area contributed by atoms with Crippen LogP contribution in [0, 0.1) is 15.9 Å². The summed E-state index contributed by atoms with van der Waals surface area (Å²) in [5.41, 5.74) is 0.159. The highest BCUT2D eigenvalue weighted by atomic mass is 32.2. The number of nitro benzene ring substituents is 1. The Bertz CT molecular complexity index is 453. The Morgan fingerprint density at radius 1 is 1.42 bits per heavy atom. The van der Waals surface area contributed by atoms with Crippen LogP contribution in [0.5, 0.6) is 0 Å². The number of halogens is 1. The van der Waals surface area contributed by atoms with Crippen LogP contribution in [0.25, 0.3) is 0 Å². The Labute approximate surface area is 115 Å². The van der Waals surface area contributed by atoms with Gasteiger partial charge in [-0.15, -0.1) is 0 Å². The summed E-state index contributed by atoms with van der Waals surface area (Å²) in [7, 11) is 0. The second kappa shape index (κ2) is 6.72. The maximum absolute atomic E-state index is 13.1. The first kappa shape index (κ1) is 14.1. The first-order valence-electron chi connectivity index (χ1n) is 6.15. The van der Waals surface area contributed by atoms with Gasteiger partial charge in [0.25, 0.3) is 5.69 Å². The van der Waals surface area contributed by atoms with Gasteiger partial charge in [-0.2, -0.15) is 11.8 Å². The fraction of sp³-hybridized carbons (Fsp3) is 0.500. The summed E-state index contributed by atoms with van der Waals surface area (Å²) < 4.78 is 13.1. The van der Waals surface area contributed by atoms with Crippen molar-refractivity contribution in [2.45, 2.75) is 0 Å². The minimum Gasteiger partial charge on any atom is -0.378 e. The van der Waals surface area contributed by atoms with E-state index in [4.69, 9.17) is 0 Å². The van der Waals surface area contributed by atoms with Crippen molar-refractivity contribution in [1.82, 2.24) is 4.90 Å². The van der Waals surface area contributed by atoms with E-state index >= 15 is 0 Å². The summed E-state index contributed by atoms with van der Waals surface area (Å²) in [6.07, 6.45) is 0. The molecule has 0 aromatic heterocycles. The van der Waals surface area contributed by atoms with E-state index in [-0.39, 0.29) is 11.4 Å². The Kier molecular flexibility index (Phi) is 4.98. The lowest BCUT2D eigenvalue weighted by Crippen LogP contribution is -2.36. The molecule has 0 amide bonds. The summed E-state index contributed by atoms with van der Waals surface area (Å²) in [5, 5.41) is 13.8. The molecule has 1 fully saturated rings. The van der Waals surface area contributed by atoms with E-state index in [0.717, 1.165) is 37.2 Å². The number of hydrogen-bond acceptors (Lipinski definition) is 5. The molecule has 1 saturated heterocycles. The molecule has 5 nitrogen and oxygen atoms in total. The van der Waals surface area contributed by atoms with Gasteiger partial charge in [-0.25, -0.2) is 4.39 Å². The summed E-state index contributed by atoms with van der Waals surface area (Å²) in [6.45, 7) is 3.47. The predicted molar refractivity (Wildman–Crippen MR) is 75.3 cm³/mol. The number of nitrogens with zero attached hydrogens (tertiary/aromatic N) is 2. The molecule has 1 N–H and O–H groups in total. The van der Waals surface area contributed by atoms with Crippen molar-refractivity contribution in [2.75, 3.05) is 43.0 Å². The molecule has 0 aliphatic carbocycles. The molecule has 1 aliphatic rings. The van der Waals surface area contributed by atoms with Crippen LogP contribution in [0.2, 0.25) is 0 Å². The zero-order chi connectivity index (χ0) is 13.7. The molecule has 0 atom stereocenters. The summed E-state index contributed by atoms with van der Waals surface area (Å²) in [6, 6.07) is 3.46. The van der Waals surface area contributed by atoms with Crippen molar-refractivity contribution in [2.24, 2.45) is 0 Å². The third kappa shape index (κ3) is 4.07. The van der Waals surface area contributed by atoms with Crippen LogP contribution in [-0.2, 0) is 0 Å². The van der Waals surface area contributed by atoms with Crippen molar-refractivity contribution < 1.29 is 9.31 Å². The van der Waals surface area contributed by atoms with Crippen molar-refractivity contribution in [3.8, 4) is 0 Å². The van der Waals surface area contributed by atoms with E-state index in [0.29, 0.717) is 6.54 Å². The number of rotatable bonds is 5. The van der Waals surface area contributed by atoms with Crippen LogP contribution in [0.3, 0.4) is 0 Å². The Balaban J connectivity index is 1.91. The lowest BCUT2D eigenvalue weighted by Gasteiger charge is -2.26. The quantitative estimate of drug-likeness (QED) is 0.664. The van der Waals surface area contributed by atoms with Crippen molar-refractivity contribution in [3.05, 3.63) is 34.1 Å². The van der Waals surface area contributed by atoms with E-state index in [1.54, 1.807) is 0 Å². The summed E-state index contributed by atoms with van der Waals surface area (Å²) in [5.74, 6) is 1.78. The average Bonchev–Trinajstić information content (AvgIpc) is 2.39. The highest BCUT2D eigenvalue weighted by Crippen LogP contribution is 2.24. The van der Waals surface area contributed by atoms with Crippen LogP contribution in [0.1, 0.15) is 0 Å². The average molecular weight is 285 g/mol. The van der Waals surface area contributed by atoms with Crippen molar-refractivity contribution in [1.29, 1.82) is 0 Å². The van der Waals surface area contributed by atoms with Crippen molar-refractivity contribution >= 4 is 23.1 Å². The van der Waals surface area contributed by atoms with Gasteiger partial charge >= 0.3 is 0 Å². The zero-order valence-corrected chi connectivity index (χ0v) is 11.3. The van der Waals surface area contributed by atoms with Gasteiger partial charge in [0.15, 0.2) is 0 Å². The van der Waals surface area contributed by atoms with Crippen LogP contribution in [0.15, 0.2) is 18.2 Å². The molecule has 0 radical (unpaired) electrons. The minimum absolute atomic E-state index is 0.0874. The van der Waals surface area contributed by atoms with Crippen LogP contribution < -0.4 is 5.32 Å². The number of anilines is 1. The molecule has 1 heterocycles. The smallest absolute Gasteiger partial charge is 0.292 e. The lowest BCUT2D eigenvalue weighted by atomic mass is 10.2. The van der Waals surface area contributed by atoms with Gasteiger partial charge in [0.05, 0.1) is 4.92 Å². The standard InChI is InChI=1S/C12H16FN3O2S/c13-10-1-2-12(16(17)18)11(9-10)14-3-4-15-5-7-19-8-6-15/h1-2,9,14H,3-8H2. The normalized spacial score (nSPS) is 16.3. The van der Waals surface area contributed by atoms with Gasteiger partial charge in [0.2, 0.25) is 0 Å². The topological polar surface area (TPSA) is 58.4 Å². The van der Waals surface area contributed by atoms with Crippen LogP contribution in [0.4, 0.5) is 15.8 Å². The number of thioether (sulfide) groups is 1. The molecule has 0 bridgehead atoms. The summed E-state index contributed by atoms with van der Waals surface area (Å²) >= 11 is 1.94. The molecule has 1 aromatic rings. The molecule has 1 aliphatic heterocycles. The van der Waals surface area contributed by atoms with Crippen LogP contribution >= 0.6 is 11.8 Å². The van der Waals surface area contributed by atoms with Gasteiger partial charge in [-0.05, 0) is 6.07 Å². The van der Waals surface area contributed by atoms with Gasteiger partial charge in [-0.3, -0.25) is 15.0 Å². The second-order valence-corrected chi connectivity index (χ2v) is 5.52. The fourth-order valence-electron chi connectivity index (χ4n) is 1.98. The SMILES string of the molecule is O=[N+]([O-])c1ccc(F)cc1NCCN1CCSCC1. The molecule has 0 spiro atoms. The van der Waals surface area contributed by atoms with E-state index in [1.807, 2.05) is 11.8 Å². The van der Waals surface area contributed by atoms with Crippen LogP contribution in [-0.4, -0.2) is 47.5 Å². The molecule has 7 heteroatoms. The zero-order valence-electron chi connectivity index (χ0n) is 10.5. The second-order valence-electron chi connectivity index (χ2n) is 4.30. The van der Waals surface area contributed by atoms with E-state index in [9.17, 15) is 14.5 Å². The molecule has 19 heavy (non-hydrogen) atoms.